The second kappa shape index (κ2) is 5.96. The van der Waals surface area contributed by atoms with Crippen molar-refractivity contribution in [3.05, 3.63) is 77.9 Å². The fourth-order valence-corrected chi connectivity index (χ4v) is 3.63. The van der Waals surface area contributed by atoms with Crippen LogP contribution >= 0.6 is 0 Å². The first-order chi connectivity index (χ1) is 12.0. The van der Waals surface area contributed by atoms with Crippen molar-refractivity contribution >= 4 is 22.0 Å². The Morgan fingerprint density at radius 2 is 1.76 bits per heavy atom. The lowest BCUT2D eigenvalue weighted by atomic mass is 9.91. The van der Waals surface area contributed by atoms with Gasteiger partial charge in [-0.2, -0.15) is 0 Å². The summed E-state index contributed by atoms with van der Waals surface area (Å²) in [7, 11) is 0. The van der Waals surface area contributed by atoms with E-state index < -0.39 is 0 Å². The van der Waals surface area contributed by atoms with Crippen LogP contribution in [0.2, 0.25) is 0 Å². The molecule has 4 rings (SSSR count). The van der Waals surface area contributed by atoms with Crippen molar-refractivity contribution < 1.29 is 4.74 Å². The van der Waals surface area contributed by atoms with Gasteiger partial charge < -0.3 is 10.1 Å². The summed E-state index contributed by atoms with van der Waals surface area (Å²) in [4.78, 5) is 0. The summed E-state index contributed by atoms with van der Waals surface area (Å²) in [5.74, 6) is 0.904. The topological polar surface area (TPSA) is 21.3 Å². The minimum absolute atomic E-state index is 0.0115. The molecule has 3 aromatic carbocycles. The maximum atomic E-state index is 6.11. The van der Waals surface area contributed by atoms with Crippen LogP contribution in [0.5, 0.6) is 5.75 Å². The van der Waals surface area contributed by atoms with Crippen LogP contribution in [0.25, 0.3) is 16.3 Å². The molecule has 0 aliphatic carbocycles. The molecule has 2 nitrogen and oxygen atoms in total. The van der Waals surface area contributed by atoms with Crippen LogP contribution in [0.15, 0.2) is 66.7 Å². The smallest absolute Gasteiger partial charge is 0.120 e. The number of hydrogen-bond donors (Lipinski definition) is 1. The van der Waals surface area contributed by atoms with E-state index in [2.05, 4.69) is 86.8 Å². The van der Waals surface area contributed by atoms with Gasteiger partial charge in [0, 0.05) is 11.3 Å². The number of nitrogens with one attached hydrogen (secondary N) is 1. The van der Waals surface area contributed by atoms with Gasteiger partial charge in [-0.25, -0.2) is 0 Å². The lowest BCUT2D eigenvalue weighted by Gasteiger charge is -2.31. The Morgan fingerprint density at radius 1 is 0.960 bits per heavy atom. The minimum atomic E-state index is -0.0115. The van der Waals surface area contributed by atoms with E-state index in [1.54, 1.807) is 0 Å². The van der Waals surface area contributed by atoms with Gasteiger partial charge >= 0.3 is 0 Å². The van der Waals surface area contributed by atoms with E-state index in [9.17, 15) is 0 Å². The second-order valence-electron chi connectivity index (χ2n) is 7.31. The monoisotopic (exact) mass is 329 g/mol. The fourth-order valence-electron chi connectivity index (χ4n) is 3.63. The number of fused-ring (bicyclic) bond motifs is 2. The molecular formula is C23H23NO. The van der Waals surface area contributed by atoms with Gasteiger partial charge in [-0.3, -0.25) is 0 Å². The molecule has 0 spiro atoms. The molecule has 0 saturated carbocycles. The first-order valence-electron chi connectivity index (χ1n) is 8.73. The zero-order chi connectivity index (χ0) is 17.4. The molecule has 0 radical (unpaired) electrons. The summed E-state index contributed by atoms with van der Waals surface area (Å²) in [6, 6.07) is 21.1. The summed E-state index contributed by atoms with van der Waals surface area (Å²) in [5, 5.41) is 6.06. The summed E-state index contributed by atoms with van der Waals surface area (Å²) >= 11 is 0. The molecule has 0 unspecified atom stereocenters. The molecule has 0 bridgehead atoms. The van der Waals surface area contributed by atoms with Gasteiger partial charge in [0.25, 0.3) is 0 Å². The highest BCUT2D eigenvalue weighted by atomic mass is 16.5. The molecule has 1 heterocycles. The summed E-state index contributed by atoms with van der Waals surface area (Å²) in [6.07, 6.45) is 2.27. The Bertz CT molecular complexity index is 963. The lowest BCUT2D eigenvalue weighted by Crippen LogP contribution is -2.31. The first-order valence-corrected chi connectivity index (χ1v) is 8.73. The maximum Gasteiger partial charge on any atom is 0.120 e. The lowest BCUT2D eigenvalue weighted by molar-refractivity contribution is 0.307. The van der Waals surface area contributed by atoms with Gasteiger partial charge in [-0.1, -0.05) is 48.5 Å². The Morgan fingerprint density at radius 3 is 2.64 bits per heavy atom. The fraction of sp³-hybridized carbons (Fsp3) is 0.217. The standard InChI is InChI=1S/C23H23NO/c1-16-14-23(2,3)24-22-12-11-19(13-21(16)22)25-15-18-9-6-8-17-7-4-5-10-20(17)18/h4-14,24H,15H2,1-3H3. The highest BCUT2D eigenvalue weighted by molar-refractivity contribution is 5.85. The molecule has 1 aliphatic rings. The van der Waals surface area contributed by atoms with Crippen molar-refractivity contribution in [1.29, 1.82) is 0 Å². The first kappa shape index (κ1) is 15.8. The molecule has 3 aromatic rings. The van der Waals surface area contributed by atoms with Crippen molar-refractivity contribution in [1.82, 2.24) is 0 Å². The molecule has 0 amide bonds. The molecule has 0 atom stereocenters. The van der Waals surface area contributed by atoms with Crippen LogP contribution < -0.4 is 10.1 Å². The highest BCUT2D eigenvalue weighted by Gasteiger charge is 2.22. The average molecular weight is 329 g/mol. The van der Waals surface area contributed by atoms with Crippen LogP contribution in [0, 0.1) is 0 Å². The predicted octanol–water partition coefficient (Wildman–Crippen LogP) is 6.03. The van der Waals surface area contributed by atoms with Crippen molar-refractivity contribution in [2.45, 2.75) is 32.9 Å². The minimum Gasteiger partial charge on any atom is -0.489 e. The van der Waals surface area contributed by atoms with Crippen LogP contribution in [-0.4, -0.2) is 5.54 Å². The van der Waals surface area contributed by atoms with Gasteiger partial charge in [-0.15, -0.1) is 0 Å². The van der Waals surface area contributed by atoms with E-state index in [0.717, 1.165) is 5.75 Å². The molecular weight excluding hydrogens is 306 g/mol. The number of anilines is 1. The van der Waals surface area contributed by atoms with E-state index in [4.69, 9.17) is 4.74 Å². The summed E-state index contributed by atoms with van der Waals surface area (Å²) < 4.78 is 6.11. The molecule has 126 valence electrons. The molecule has 2 heteroatoms. The summed E-state index contributed by atoms with van der Waals surface area (Å²) in [6.45, 7) is 7.10. The third-order valence-corrected chi connectivity index (χ3v) is 4.72. The van der Waals surface area contributed by atoms with Crippen molar-refractivity contribution in [3.63, 3.8) is 0 Å². The van der Waals surface area contributed by atoms with Gasteiger partial charge in [0.2, 0.25) is 0 Å². The zero-order valence-electron chi connectivity index (χ0n) is 15.0. The molecule has 0 saturated heterocycles. The van der Waals surface area contributed by atoms with Crippen LogP contribution in [0.1, 0.15) is 31.9 Å². The van der Waals surface area contributed by atoms with E-state index >= 15 is 0 Å². The van der Waals surface area contributed by atoms with Crippen LogP contribution in [-0.2, 0) is 6.61 Å². The maximum absolute atomic E-state index is 6.11. The van der Waals surface area contributed by atoms with E-state index in [-0.39, 0.29) is 5.54 Å². The third-order valence-electron chi connectivity index (χ3n) is 4.72. The number of hydrogen-bond acceptors (Lipinski definition) is 2. The molecule has 0 fully saturated rings. The number of allylic oxidation sites excluding steroid dienone is 1. The normalized spacial score (nSPS) is 15.2. The number of rotatable bonds is 3. The van der Waals surface area contributed by atoms with E-state index in [0.29, 0.717) is 6.61 Å². The Hall–Kier alpha value is -2.74. The predicted molar refractivity (Wildman–Crippen MR) is 106 cm³/mol. The Kier molecular flexibility index (Phi) is 3.76. The molecule has 25 heavy (non-hydrogen) atoms. The Balaban J connectivity index is 1.59. The third kappa shape index (κ3) is 3.12. The number of benzene rings is 3. The van der Waals surface area contributed by atoms with E-state index in [1.807, 2.05) is 6.07 Å². The van der Waals surface area contributed by atoms with Crippen LogP contribution in [0.4, 0.5) is 5.69 Å². The zero-order valence-corrected chi connectivity index (χ0v) is 15.0. The van der Waals surface area contributed by atoms with Crippen molar-refractivity contribution in [3.8, 4) is 5.75 Å². The molecule has 1 N–H and O–H groups in total. The largest absolute Gasteiger partial charge is 0.489 e. The Labute approximate surface area is 149 Å². The van der Waals surface area contributed by atoms with Crippen molar-refractivity contribution in [2.75, 3.05) is 5.32 Å². The number of ether oxygens (including phenoxy) is 1. The van der Waals surface area contributed by atoms with E-state index in [1.165, 1.54) is 33.2 Å². The van der Waals surface area contributed by atoms with Crippen molar-refractivity contribution in [2.24, 2.45) is 0 Å². The average Bonchev–Trinajstić information content (AvgIpc) is 2.59. The van der Waals surface area contributed by atoms with Gasteiger partial charge in [0.05, 0.1) is 5.54 Å². The summed E-state index contributed by atoms with van der Waals surface area (Å²) in [5.41, 5.74) is 4.87. The highest BCUT2D eigenvalue weighted by Crippen LogP contribution is 2.36. The van der Waals surface area contributed by atoms with Gasteiger partial charge in [0.1, 0.15) is 12.4 Å². The molecule has 1 aliphatic heterocycles. The van der Waals surface area contributed by atoms with Crippen LogP contribution in [0.3, 0.4) is 0 Å². The van der Waals surface area contributed by atoms with Gasteiger partial charge in [0.15, 0.2) is 0 Å². The van der Waals surface area contributed by atoms with Gasteiger partial charge in [-0.05, 0) is 60.9 Å². The molecule has 0 aromatic heterocycles. The quantitative estimate of drug-likeness (QED) is 0.634. The SMILES string of the molecule is CC1=CC(C)(C)Nc2ccc(OCc3cccc4ccccc34)cc21. The second-order valence-corrected chi connectivity index (χ2v) is 7.31.